The fourth-order valence-electron chi connectivity index (χ4n) is 2.40. The van der Waals surface area contributed by atoms with Crippen molar-refractivity contribution in [2.45, 2.75) is 12.5 Å². The highest BCUT2D eigenvalue weighted by Gasteiger charge is 2.33. The van der Waals surface area contributed by atoms with Crippen molar-refractivity contribution in [2.75, 3.05) is 20.2 Å². The van der Waals surface area contributed by atoms with Crippen LogP contribution in [0.5, 0.6) is 0 Å². The summed E-state index contributed by atoms with van der Waals surface area (Å²) in [6, 6.07) is 6.26. The van der Waals surface area contributed by atoms with E-state index in [1.54, 1.807) is 30.3 Å². The number of amides is 2. The van der Waals surface area contributed by atoms with Crippen LogP contribution in [-0.2, 0) is 19.1 Å². The normalized spacial score (nSPS) is 16.9. The third-order valence-electron chi connectivity index (χ3n) is 3.73. The van der Waals surface area contributed by atoms with Gasteiger partial charge in [0.1, 0.15) is 6.04 Å². The van der Waals surface area contributed by atoms with Crippen LogP contribution in [0, 0.1) is 0 Å². The number of rotatable bonds is 4. The van der Waals surface area contributed by atoms with Crippen molar-refractivity contribution < 1.29 is 19.1 Å². The molecule has 2 amide bonds. The Bertz CT molecular complexity index is 753. The first-order valence-corrected chi connectivity index (χ1v) is 8.59. The molecule has 0 saturated carbocycles. The standard InChI is InChI=1S/C17H18ClN3O4S/c1-25-15(23)10-13-16(24)19-8-9-21(13)17(26)20-14(22)7-6-11-4-2-3-5-12(11)18/h2-7,13H,8-10H2,1H3,(H,19,24)(H,20,22,26)/b7-6+. The van der Waals surface area contributed by atoms with E-state index in [4.69, 9.17) is 23.8 Å². The molecular formula is C17H18ClN3O4S. The summed E-state index contributed by atoms with van der Waals surface area (Å²) < 4.78 is 4.61. The zero-order valence-electron chi connectivity index (χ0n) is 14.0. The van der Waals surface area contributed by atoms with E-state index in [0.717, 1.165) is 0 Å². The SMILES string of the molecule is COC(=O)CC1C(=O)NCCN1C(=S)NC(=O)/C=C/c1ccccc1Cl. The van der Waals surface area contributed by atoms with Gasteiger partial charge in [-0.2, -0.15) is 0 Å². The molecule has 2 rings (SSSR count). The van der Waals surface area contributed by atoms with Crippen LogP contribution in [0.2, 0.25) is 5.02 Å². The number of thiocarbonyl (C=S) groups is 1. The maximum atomic E-state index is 12.1. The molecule has 1 fully saturated rings. The third kappa shape index (κ3) is 5.27. The highest BCUT2D eigenvalue weighted by atomic mass is 35.5. The average molecular weight is 396 g/mol. The summed E-state index contributed by atoms with van der Waals surface area (Å²) in [5.74, 6) is -1.34. The third-order valence-corrected chi connectivity index (χ3v) is 4.41. The number of halogens is 1. The van der Waals surface area contributed by atoms with E-state index < -0.39 is 17.9 Å². The lowest BCUT2D eigenvalue weighted by atomic mass is 10.1. The number of carbonyl (C=O) groups excluding carboxylic acids is 3. The van der Waals surface area contributed by atoms with Crippen molar-refractivity contribution in [3.8, 4) is 0 Å². The molecule has 138 valence electrons. The number of piperazine rings is 1. The molecule has 1 aromatic rings. The Hall–Kier alpha value is -2.45. The van der Waals surface area contributed by atoms with Crippen LogP contribution in [0.4, 0.5) is 0 Å². The fourth-order valence-corrected chi connectivity index (χ4v) is 2.91. The lowest BCUT2D eigenvalue weighted by Crippen LogP contribution is -2.60. The molecule has 0 aliphatic carbocycles. The predicted molar refractivity (Wildman–Crippen MR) is 101 cm³/mol. The van der Waals surface area contributed by atoms with Crippen molar-refractivity contribution >= 4 is 52.8 Å². The molecule has 0 bridgehead atoms. The van der Waals surface area contributed by atoms with Gasteiger partial charge in [-0.15, -0.1) is 0 Å². The maximum absolute atomic E-state index is 12.1. The first-order valence-electron chi connectivity index (χ1n) is 7.81. The minimum absolute atomic E-state index is 0.0718. The van der Waals surface area contributed by atoms with E-state index >= 15 is 0 Å². The quantitative estimate of drug-likeness (QED) is 0.451. The molecule has 0 aromatic heterocycles. The van der Waals surface area contributed by atoms with Gasteiger partial charge in [-0.05, 0) is 29.9 Å². The van der Waals surface area contributed by atoms with Crippen LogP contribution < -0.4 is 10.6 Å². The molecule has 1 aliphatic heterocycles. The second-order valence-corrected chi connectivity index (χ2v) is 6.22. The van der Waals surface area contributed by atoms with Gasteiger partial charge in [-0.3, -0.25) is 19.7 Å². The first-order chi connectivity index (χ1) is 12.4. The van der Waals surface area contributed by atoms with Gasteiger partial charge < -0.3 is 15.0 Å². The molecule has 9 heteroatoms. The molecule has 2 N–H and O–H groups in total. The lowest BCUT2D eigenvalue weighted by molar-refractivity contribution is -0.144. The summed E-state index contributed by atoms with van der Waals surface area (Å²) in [6.07, 6.45) is 2.70. The van der Waals surface area contributed by atoms with Gasteiger partial charge in [0.25, 0.3) is 0 Å². The topological polar surface area (TPSA) is 87.7 Å². The molecule has 1 heterocycles. The molecule has 0 radical (unpaired) electrons. The van der Waals surface area contributed by atoms with Crippen LogP contribution >= 0.6 is 23.8 Å². The Balaban J connectivity index is 2.02. The van der Waals surface area contributed by atoms with Crippen molar-refractivity contribution in [2.24, 2.45) is 0 Å². The van der Waals surface area contributed by atoms with Crippen LogP contribution in [0.3, 0.4) is 0 Å². The zero-order valence-corrected chi connectivity index (χ0v) is 15.6. The highest BCUT2D eigenvalue weighted by Crippen LogP contribution is 2.16. The van der Waals surface area contributed by atoms with Crippen molar-refractivity contribution in [1.82, 2.24) is 15.5 Å². The summed E-state index contributed by atoms with van der Waals surface area (Å²) in [5, 5.41) is 5.79. The number of carbonyl (C=O) groups is 3. The minimum atomic E-state index is -0.823. The second-order valence-electron chi connectivity index (χ2n) is 5.43. The van der Waals surface area contributed by atoms with Crippen molar-refractivity contribution in [1.29, 1.82) is 0 Å². The Labute approximate surface area is 161 Å². The molecular weight excluding hydrogens is 378 g/mol. The average Bonchev–Trinajstić information content (AvgIpc) is 2.62. The van der Waals surface area contributed by atoms with Gasteiger partial charge in [0.15, 0.2) is 5.11 Å². The molecule has 7 nitrogen and oxygen atoms in total. The molecule has 26 heavy (non-hydrogen) atoms. The van der Waals surface area contributed by atoms with Gasteiger partial charge >= 0.3 is 5.97 Å². The Morgan fingerprint density at radius 3 is 2.88 bits per heavy atom. The number of methoxy groups -OCH3 is 1. The Morgan fingerprint density at radius 1 is 1.46 bits per heavy atom. The van der Waals surface area contributed by atoms with Crippen LogP contribution in [0.15, 0.2) is 30.3 Å². The summed E-state index contributed by atoms with van der Waals surface area (Å²) in [4.78, 5) is 37.2. The number of hydrogen-bond acceptors (Lipinski definition) is 5. The van der Waals surface area contributed by atoms with Gasteiger partial charge in [-0.25, -0.2) is 0 Å². The fraction of sp³-hybridized carbons (Fsp3) is 0.294. The number of nitrogens with zero attached hydrogens (tertiary/aromatic N) is 1. The first kappa shape index (κ1) is 19.9. The van der Waals surface area contributed by atoms with E-state index in [-0.39, 0.29) is 17.4 Å². The van der Waals surface area contributed by atoms with Gasteiger partial charge in [0.2, 0.25) is 11.8 Å². The number of hydrogen-bond donors (Lipinski definition) is 2. The van der Waals surface area contributed by atoms with Crippen molar-refractivity contribution in [3.63, 3.8) is 0 Å². The lowest BCUT2D eigenvalue weighted by Gasteiger charge is -2.35. The van der Waals surface area contributed by atoms with E-state index in [0.29, 0.717) is 23.7 Å². The number of nitrogens with one attached hydrogen (secondary N) is 2. The molecule has 1 aromatic carbocycles. The number of benzene rings is 1. The van der Waals surface area contributed by atoms with Crippen LogP contribution in [0.1, 0.15) is 12.0 Å². The molecule has 1 aliphatic rings. The van der Waals surface area contributed by atoms with E-state index in [1.165, 1.54) is 18.1 Å². The van der Waals surface area contributed by atoms with Crippen molar-refractivity contribution in [3.05, 3.63) is 40.9 Å². The predicted octanol–water partition coefficient (Wildman–Crippen LogP) is 1.12. The summed E-state index contributed by atoms with van der Waals surface area (Å²) in [6.45, 7) is 0.739. The molecule has 0 spiro atoms. The monoisotopic (exact) mass is 395 g/mol. The smallest absolute Gasteiger partial charge is 0.308 e. The van der Waals surface area contributed by atoms with E-state index in [2.05, 4.69) is 15.4 Å². The molecule has 1 saturated heterocycles. The summed E-state index contributed by atoms with van der Waals surface area (Å²) >= 11 is 11.3. The largest absolute Gasteiger partial charge is 0.469 e. The Morgan fingerprint density at radius 2 is 2.19 bits per heavy atom. The number of esters is 1. The summed E-state index contributed by atoms with van der Waals surface area (Å²) in [5.41, 5.74) is 0.691. The van der Waals surface area contributed by atoms with Crippen LogP contribution in [-0.4, -0.2) is 54.0 Å². The van der Waals surface area contributed by atoms with Crippen LogP contribution in [0.25, 0.3) is 6.08 Å². The maximum Gasteiger partial charge on any atom is 0.308 e. The number of ether oxygens (including phenoxy) is 1. The van der Waals surface area contributed by atoms with Gasteiger partial charge in [0, 0.05) is 24.2 Å². The Kier molecular flexibility index (Phi) is 7.11. The van der Waals surface area contributed by atoms with E-state index in [1.807, 2.05) is 0 Å². The molecule has 1 atom stereocenters. The minimum Gasteiger partial charge on any atom is -0.469 e. The van der Waals surface area contributed by atoms with E-state index in [9.17, 15) is 14.4 Å². The van der Waals surface area contributed by atoms with Gasteiger partial charge in [-0.1, -0.05) is 29.8 Å². The second kappa shape index (κ2) is 9.30. The van der Waals surface area contributed by atoms with Gasteiger partial charge in [0.05, 0.1) is 13.5 Å². The molecule has 1 unspecified atom stereocenters. The highest BCUT2D eigenvalue weighted by molar-refractivity contribution is 7.80. The summed E-state index contributed by atoms with van der Waals surface area (Å²) in [7, 11) is 1.24. The zero-order chi connectivity index (χ0) is 19.1.